The fourth-order valence-electron chi connectivity index (χ4n) is 0.782. The van der Waals surface area contributed by atoms with Gasteiger partial charge in [-0.3, -0.25) is 0 Å². The van der Waals surface area contributed by atoms with Crippen LogP contribution in [0.2, 0.25) is 0 Å². The Morgan fingerprint density at radius 3 is 2.00 bits per heavy atom. The average molecular weight is 251 g/mol. The molecule has 0 amide bonds. The van der Waals surface area contributed by atoms with Gasteiger partial charge in [0.25, 0.3) is 0 Å². The molecule has 0 nitrogen and oxygen atoms in total. The van der Waals surface area contributed by atoms with Crippen LogP contribution < -0.4 is 0 Å². The molecule has 1 atom stereocenters. The summed E-state index contributed by atoms with van der Waals surface area (Å²) in [6, 6.07) is 10.6. The Hall–Kier alpha value is 0.323. The second-order valence-electron chi connectivity index (χ2n) is 2.31. The van der Waals surface area contributed by atoms with E-state index in [4.69, 9.17) is 0 Å². The van der Waals surface area contributed by atoms with Gasteiger partial charge in [-0.2, -0.15) is 0 Å². The molecule has 0 aliphatic carbocycles. The van der Waals surface area contributed by atoms with Crippen LogP contribution in [-0.4, -0.2) is 0 Å². The number of rotatable bonds is 1. The van der Waals surface area contributed by atoms with Gasteiger partial charge in [0.15, 0.2) is 0 Å². The Morgan fingerprint density at radius 1 is 1.20 bits per heavy atom. The summed E-state index contributed by atoms with van der Waals surface area (Å²) >= 11 is 1.35. The summed E-state index contributed by atoms with van der Waals surface area (Å²) in [4.78, 5) is 0. The molecule has 0 aliphatic rings. The van der Waals surface area contributed by atoms with Gasteiger partial charge in [-0.25, -0.2) is 0 Å². The first-order valence-corrected chi connectivity index (χ1v) is 4.90. The van der Waals surface area contributed by atoms with Crippen molar-refractivity contribution in [2.24, 2.45) is 0 Å². The molecule has 0 N–H and O–H groups in total. The van der Waals surface area contributed by atoms with Crippen LogP contribution in [0.4, 0.5) is 0 Å². The Bertz CT molecular complexity index is 172. The minimum absolute atomic E-state index is 0. The molecule has 0 aromatic heterocycles. The fraction of sp³-hybridized carbons (Fsp3) is 0.250. The van der Waals surface area contributed by atoms with Crippen molar-refractivity contribution in [3.8, 4) is 0 Å². The first kappa shape index (κ1) is 10.3. The zero-order chi connectivity index (χ0) is 6.69. The van der Waals surface area contributed by atoms with Crippen molar-refractivity contribution in [1.82, 2.24) is 0 Å². The van der Waals surface area contributed by atoms with Gasteiger partial charge in [0.1, 0.15) is 0 Å². The number of hydrogen-bond donors (Lipinski definition) is 0. The maximum atomic E-state index is 2.26. The zero-order valence-electron chi connectivity index (χ0n) is 6.08. The summed E-state index contributed by atoms with van der Waals surface area (Å²) in [6.07, 6.45) is 0. The predicted molar refractivity (Wildman–Crippen MR) is 45.2 cm³/mol. The Balaban J connectivity index is 0.000000810. The van der Waals surface area contributed by atoms with Crippen molar-refractivity contribution in [2.75, 3.05) is 0 Å². The van der Waals surface area contributed by atoms with Gasteiger partial charge in [0, 0.05) is 0 Å². The van der Waals surface area contributed by atoms with E-state index in [9.17, 15) is 0 Å². The molecule has 1 unspecified atom stereocenters. The van der Waals surface area contributed by atoms with E-state index in [0.717, 1.165) is 4.51 Å². The molecule has 0 spiro atoms. The quantitative estimate of drug-likeness (QED) is 0.673. The Labute approximate surface area is 82.5 Å². The third-order valence-electron chi connectivity index (χ3n) is 1.37. The molecule has 0 bridgehead atoms. The van der Waals surface area contributed by atoms with Gasteiger partial charge in [-0.15, -0.1) is 17.0 Å². The molecule has 1 aromatic rings. The van der Waals surface area contributed by atoms with Crippen molar-refractivity contribution in [3.63, 3.8) is 0 Å². The Kier molecular flexibility index (Phi) is 5.20. The van der Waals surface area contributed by atoms with E-state index in [1.54, 1.807) is 0 Å². The molecule has 0 radical (unpaired) electrons. The van der Waals surface area contributed by atoms with Crippen LogP contribution in [0.5, 0.6) is 0 Å². The van der Waals surface area contributed by atoms with Crippen LogP contribution >= 0.6 is 17.0 Å². The SMILES string of the molecule is Br.C[CH]([Zn])c1ccccc1. The van der Waals surface area contributed by atoms with E-state index >= 15 is 0 Å². The molecule has 0 heterocycles. The van der Waals surface area contributed by atoms with Crippen molar-refractivity contribution >= 4 is 17.0 Å². The van der Waals surface area contributed by atoms with Crippen LogP contribution in [0.3, 0.4) is 0 Å². The fourth-order valence-corrected chi connectivity index (χ4v) is 1.35. The second kappa shape index (κ2) is 5.04. The third-order valence-corrected chi connectivity index (χ3v) is 2.36. The summed E-state index contributed by atoms with van der Waals surface area (Å²) in [5.74, 6) is 0. The normalized spacial score (nSPS) is 11.9. The molecule has 1 rings (SSSR count). The summed E-state index contributed by atoms with van der Waals surface area (Å²) in [5.41, 5.74) is 1.47. The van der Waals surface area contributed by atoms with Gasteiger partial charge in [-0.05, 0) is 0 Å². The van der Waals surface area contributed by atoms with Crippen molar-refractivity contribution in [1.29, 1.82) is 0 Å². The van der Waals surface area contributed by atoms with Crippen LogP contribution in [-0.2, 0) is 18.3 Å². The number of hydrogen-bond acceptors (Lipinski definition) is 0. The van der Waals surface area contributed by atoms with E-state index < -0.39 is 0 Å². The molecule has 51 valence electrons. The van der Waals surface area contributed by atoms with Gasteiger partial charge in [0.05, 0.1) is 0 Å². The standard InChI is InChI=1S/C8H9.BrH.Zn/c1-2-8-6-4-3-5-7-8;;/h2-7H,1H3;1H;. The summed E-state index contributed by atoms with van der Waals surface area (Å²) in [6.45, 7) is 2.26. The van der Waals surface area contributed by atoms with E-state index in [2.05, 4.69) is 37.3 Å². The first-order valence-electron chi connectivity index (χ1n) is 3.18. The monoisotopic (exact) mass is 249 g/mol. The zero-order valence-corrected chi connectivity index (χ0v) is 10.8. The van der Waals surface area contributed by atoms with Crippen LogP contribution in [0.15, 0.2) is 30.3 Å². The van der Waals surface area contributed by atoms with Crippen molar-refractivity contribution < 1.29 is 18.3 Å². The first-order chi connectivity index (χ1) is 4.30. The number of halogens is 1. The summed E-state index contributed by atoms with van der Waals surface area (Å²) in [7, 11) is 0. The van der Waals surface area contributed by atoms with Crippen LogP contribution in [0, 0.1) is 0 Å². The van der Waals surface area contributed by atoms with Gasteiger partial charge in [0.2, 0.25) is 0 Å². The van der Waals surface area contributed by atoms with E-state index in [1.165, 1.54) is 23.9 Å². The molecule has 0 fully saturated rings. The second-order valence-corrected chi connectivity index (χ2v) is 4.88. The minimum atomic E-state index is 0. The molecule has 0 aliphatic heterocycles. The molecular formula is C8H10BrZn. The van der Waals surface area contributed by atoms with E-state index in [-0.39, 0.29) is 17.0 Å². The third kappa shape index (κ3) is 2.94. The van der Waals surface area contributed by atoms with Crippen LogP contribution in [0.1, 0.15) is 17.0 Å². The van der Waals surface area contributed by atoms with Crippen molar-refractivity contribution in [2.45, 2.75) is 11.4 Å². The molecular weight excluding hydrogens is 241 g/mol. The summed E-state index contributed by atoms with van der Waals surface area (Å²) < 4.78 is 0.784. The topological polar surface area (TPSA) is 0 Å². The van der Waals surface area contributed by atoms with E-state index in [1.807, 2.05) is 0 Å². The maximum absolute atomic E-state index is 2.26. The predicted octanol–water partition coefficient (Wildman–Crippen LogP) is 2.87. The molecule has 0 saturated carbocycles. The molecule has 1 aromatic carbocycles. The number of benzene rings is 1. The van der Waals surface area contributed by atoms with Gasteiger partial charge < -0.3 is 0 Å². The van der Waals surface area contributed by atoms with Gasteiger partial charge >= 0.3 is 65.6 Å². The molecule has 10 heavy (non-hydrogen) atoms. The van der Waals surface area contributed by atoms with Crippen molar-refractivity contribution in [3.05, 3.63) is 35.9 Å². The molecule has 2 heteroatoms. The Morgan fingerprint density at radius 2 is 1.70 bits per heavy atom. The van der Waals surface area contributed by atoms with E-state index in [0.29, 0.717) is 0 Å². The summed E-state index contributed by atoms with van der Waals surface area (Å²) in [5, 5.41) is 0. The average Bonchev–Trinajstić information content (AvgIpc) is 1.90. The van der Waals surface area contributed by atoms with Crippen LogP contribution in [0.25, 0.3) is 0 Å². The molecule has 0 saturated heterocycles. The van der Waals surface area contributed by atoms with Gasteiger partial charge in [-0.1, -0.05) is 0 Å².